The summed E-state index contributed by atoms with van der Waals surface area (Å²) in [6, 6.07) is 3.44. The van der Waals surface area contributed by atoms with Crippen LogP contribution in [-0.2, 0) is 0 Å². The lowest BCUT2D eigenvalue weighted by atomic mass is 10.2. The van der Waals surface area contributed by atoms with E-state index < -0.39 is 12.0 Å². The summed E-state index contributed by atoms with van der Waals surface area (Å²) >= 11 is 0. The highest BCUT2D eigenvalue weighted by molar-refractivity contribution is 6.04. The van der Waals surface area contributed by atoms with Gasteiger partial charge in [-0.15, -0.1) is 0 Å². The van der Waals surface area contributed by atoms with Gasteiger partial charge in [-0.25, -0.2) is 33.7 Å². The fourth-order valence-corrected chi connectivity index (χ4v) is 3.96. The molecule has 1 atom stereocenters. The Labute approximate surface area is 208 Å². The van der Waals surface area contributed by atoms with Gasteiger partial charge in [-0.1, -0.05) is 13.8 Å². The summed E-state index contributed by atoms with van der Waals surface area (Å²) in [5.41, 5.74) is 0.852. The average Bonchev–Trinajstić information content (AvgIpc) is 2.89. The highest BCUT2D eigenvalue weighted by Gasteiger charge is 2.28. The Hall–Kier alpha value is -3.96. The van der Waals surface area contributed by atoms with E-state index in [1.54, 1.807) is 24.5 Å². The Bertz CT molecular complexity index is 1140. The number of anilines is 4. The van der Waals surface area contributed by atoms with Crippen LogP contribution < -0.4 is 20.0 Å². The second kappa shape index (κ2) is 11.2. The van der Waals surface area contributed by atoms with Gasteiger partial charge in [0, 0.05) is 31.9 Å². The molecule has 5 rings (SSSR count). The van der Waals surface area contributed by atoms with Gasteiger partial charge in [0.15, 0.2) is 5.82 Å². The molecular formula is C24H29F2N9O. The lowest BCUT2D eigenvalue weighted by molar-refractivity contribution is 0.102. The third-order valence-corrected chi connectivity index (χ3v) is 5.84. The van der Waals surface area contributed by atoms with Crippen molar-refractivity contribution in [1.82, 2.24) is 24.9 Å². The molecule has 1 amide bonds. The van der Waals surface area contributed by atoms with Gasteiger partial charge >= 0.3 is 0 Å². The summed E-state index contributed by atoms with van der Waals surface area (Å²) in [7, 11) is 0. The Balaban J connectivity index is 0.00000148. The van der Waals surface area contributed by atoms with Crippen molar-refractivity contribution in [3.05, 3.63) is 54.5 Å². The predicted molar refractivity (Wildman–Crippen MR) is 134 cm³/mol. The normalized spacial score (nSPS) is 17.7. The van der Waals surface area contributed by atoms with Crippen molar-refractivity contribution in [2.24, 2.45) is 0 Å². The molecule has 5 heterocycles. The molecule has 2 aliphatic rings. The number of carbonyl (C=O) groups excluding carboxylic acids is 1. The van der Waals surface area contributed by atoms with E-state index in [-0.39, 0.29) is 11.9 Å². The molecule has 2 fully saturated rings. The summed E-state index contributed by atoms with van der Waals surface area (Å²) < 4.78 is 26.1. The first kappa shape index (κ1) is 25.1. The van der Waals surface area contributed by atoms with E-state index >= 15 is 0 Å². The van der Waals surface area contributed by atoms with Crippen molar-refractivity contribution in [2.75, 3.05) is 52.7 Å². The van der Waals surface area contributed by atoms with Crippen molar-refractivity contribution < 1.29 is 13.6 Å². The van der Waals surface area contributed by atoms with Crippen LogP contribution in [0.1, 0.15) is 31.1 Å². The van der Waals surface area contributed by atoms with Crippen LogP contribution >= 0.6 is 0 Å². The van der Waals surface area contributed by atoms with E-state index in [9.17, 15) is 13.6 Å². The number of hydrogen-bond acceptors (Lipinski definition) is 9. The van der Waals surface area contributed by atoms with Crippen LogP contribution in [-0.4, -0.2) is 75.8 Å². The van der Waals surface area contributed by atoms with Gasteiger partial charge in [-0.3, -0.25) is 4.79 Å². The minimum atomic E-state index is -0.816. The maximum atomic E-state index is 13.1. The summed E-state index contributed by atoms with van der Waals surface area (Å²) in [5.74, 6) is 0.900. The van der Waals surface area contributed by atoms with Crippen molar-refractivity contribution >= 4 is 29.3 Å². The third-order valence-electron chi connectivity index (χ3n) is 5.84. The minimum absolute atomic E-state index is 0.0755. The standard InChI is InChI=1S/C22H23F2N9O.C2H6/c1-14-11-31(21-26-7-16(23)8-27-21)4-5-33(14)22-28-9-18(10-29-22)30-20(34)15-2-3-19(25-6-15)32-12-17(24)13-32;1-2/h2-3,6-10,14,17H,4-5,11-13H2,1H3,(H,30,34);1-2H3/t14-;/m1./s1. The first-order chi connectivity index (χ1) is 17.5. The van der Waals surface area contributed by atoms with Gasteiger partial charge in [-0.2, -0.15) is 0 Å². The molecule has 2 saturated heterocycles. The summed E-state index contributed by atoms with van der Waals surface area (Å²) in [5, 5.41) is 2.76. The van der Waals surface area contributed by atoms with Gasteiger partial charge in [0.1, 0.15) is 12.0 Å². The molecule has 0 saturated carbocycles. The Morgan fingerprint density at radius 2 is 1.56 bits per heavy atom. The molecule has 0 unspecified atom stereocenters. The Kier molecular flexibility index (Phi) is 7.81. The van der Waals surface area contributed by atoms with Crippen molar-refractivity contribution in [3.8, 4) is 0 Å². The molecule has 3 aromatic heterocycles. The van der Waals surface area contributed by atoms with Crippen LogP contribution in [0.3, 0.4) is 0 Å². The minimum Gasteiger partial charge on any atom is -0.351 e. The zero-order valence-corrected chi connectivity index (χ0v) is 20.5. The van der Waals surface area contributed by atoms with Crippen LogP contribution in [0.4, 0.5) is 32.2 Å². The second-order valence-electron chi connectivity index (χ2n) is 8.32. The summed E-state index contributed by atoms with van der Waals surface area (Å²) in [6.45, 7) is 8.63. The fourth-order valence-electron chi connectivity index (χ4n) is 3.96. The lowest BCUT2D eigenvalue weighted by Crippen LogP contribution is -2.53. The van der Waals surface area contributed by atoms with Gasteiger partial charge in [0.2, 0.25) is 11.9 Å². The van der Waals surface area contributed by atoms with E-state index in [2.05, 4.69) is 35.1 Å². The predicted octanol–water partition coefficient (Wildman–Crippen LogP) is 2.95. The van der Waals surface area contributed by atoms with Gasteiger partial charge in [0.05, 0.1) is 49.1 Å². The molecule has 0 aliphatic carbocycles. The molecule has 12 heteroatoms. The van der Waals surface area contributed by atoms with Crippen molar-refractivity contribution in [3.63, 3.8) is 0 Å². The molecule has 36 heavy (non-hydrogen) atoms. The number of piperazine rings is 1. The SMILES string of the molecule is CC.C[C@@H]1CN(c2ncc(F)cn2)CCN1c1ncc(NC(=O)c2ccc(N3CC(F)C3)nc2)cn1. The molecule has 10 nitrogen and oxygen atoms in total. The molecular weight excluding hydrogens is 468 g/mol. The Morgan fingerprint density at radius 1 is 0.889 bits per heavy atom. The van der Waals surface area contributed by atoms with Crippen molar-refractivity contribution in [2.45, 2.75) is 33.0 Å². The van der Waals surface area contributed by atoms with E-state index in [1.165, 1.54) is 6.20 Å². The van der Waals surface area contributed by atoms with E-state index in [0.29, 0.717) is 61.7 Å². The van der Waals surface area contributed by atoms with Crippen LogP contribution in [0.2, 0.25) is 0 Å². The van der Waals surface area contributed by atoms with E-state index in [4.69, 9.17) is 0 Å². The fraction of sp³-hybridized carbons (Fsp3) is 0.417. The number of rotatable bonds is 5. The number of amides is 1. The zero-order valence-electron chi connectivity index (χ0n) is 20.5. The smallest absolute Gasteiger partial charge is 0.257 e. The molecule has 3 aromatic rings. The van der Waals surface area contributed by atoms with Crippen molar-refractivity contribution in [1.29, 1.82) is 0 Å². The number of nitrogens with zero attached hydrogens (tertiary/aromatic N) is 8. The highest BCUT2D eigenvalue weighted by Crippen LogP contribution is 2.22. The number of alkyl halides is 1. The van der Waals surface area contributed by atoms with Gasteiger partial charge < -0.3 is 20.0 Å². The van der Waals surface area contributed by atoms with Crippen LogP contribution in [0.5, 0.6) is 0 Å². The first-order valence-corrected chi connectivity index (χ1v) is 11.9. The summed E-state index contributed by atoms with van der Waals surface area (Å²) in [4.78, 5) is 39.6. The monoisotopic (exact) mass is 497 g/mol. The van der Waals surface area contributed by atoms with E-state index in [0.717, 1.165) is 12.4 Å². The number of carbonyl (C=O) groups is 1. The van der Waals surface area contributed by atoms with Crippen LogP contribution in [0.25, 0.3) is 0 Å². The largest absolute Gasteiger partial charge is 0.351 e. The number of nitrogens with one attached hydrogen (secondary N) is 1. The first-order valence-electron chi connectivity index (χ1n) is 11.9. The number of hydrogen-bond donors (Lipinski definition) is 1. The molecule has 0 aromatic carbocycles. The number of aromatic nitrogens is 5. The average molecular weight is 498 g/mol. The highest BCUT2D eigenvalue weighted by atomic mass is 19.1. The molecule has 0 radical (unpaired) electrons. The maximum Gasteiger partial charge on any atom is 0.257 e. The van der Waals surface area contributed by atoms with E-state index in [1.807, 2.05) is 30.6 Å². The molecule has 0 spiro atoms. The maximum absolute atomic E-state index is 13.1. The van der Waals surface area contributed by atoms with Gasteiger partial charge in [-0.05, 0) is 19.1 Å². The molecule has 190 valence electrons. The quantitative estimate of drug-likeness (QED) is 0.570. The molecule has 0 bridgehead atoms. The zero-order chi connectivity index (χ0) is 25.7. The van der Waals surface area contributed by atoms with Crippen LogP contribution in [0.15, 0.2) is 43.1 Å². The van der Waals surface area contributed by atoms with Gasteiger partial charge in [0.25, 0.3) is 5.91 Å². The second-order valence-corrected chi connectivity index (χ2v) is 8.32. The van der Waals surface area contributed by atoms with Crippen LogP contribution in [0, 0.1) is 5.82 Å². The summed E-state index contributed by atoms with van der Waals surface area (Å²) in [6.07, 6.45) is 6.10. The molecule has 2 aliphatic heterocycles. The Morgan fingerprint density at radius 3 is 2.14 bits per heavy atom. The lowest BCUT2D eigenvalue weighted by Gasteiger charge is -2.39. The molecule has 1 N–H and O–H groups in total. The third kappa shape index (κ3) is 5.64. The number of halogens is 2. The topological polar surface area (TPSA) is 103 Å². The number of pyridine rings is 1.